The molecule has 216 valence electrons. The lowest BCUT2D eigenvalue weighted by Gasteiger charge is -2.26. The largest absolute Gasteiger partial charge is 0.492 e. The number of hydrogen-bond donors (Lipinski definition) is 1. The van der Waals surface area contributed by atoms with E-state index >= 15 is 0 Å². The molecule has 0 radical (unpaired) electrons. The number of ether oxygens (including phenoxy) is 2. The van der Waals surface area contributed by atoms with Gasteiger partial charge in [-0.2, -0.15) is 4.31 Å². The maximum Gasteiger partial charge on any atom is 0.251 e. The number of nitrogens with one attached hydrogen (secondary N) is 1. The molecule has 2 saturated heterocycles. The smallest absolute Gasteiger partial charge is 0.251 e. The Hall–Kier alpha value is -3.09. The standard InChI is InChI=1S/C29H30ClN3O6S2/c30-24-7-1-21(2-8-24)19-33-27(34)20-40-29(33)23-5-3-22(4-6-23)28(35)31-13-16-39-25-9-11-26(12-10-25)41(36,37)32-14-17-38-18-15-32/h1-12,29H,13-20H2,(H,31,35)/t29-/m1/s1. The fraction of sp³-hybridized carbons (Fsp3) is 0.310. The van der Waals surface area contributed by atoms with Gasteiger partial charge in [-0.15, -0.1) is 11.8 Å². The van der Waals surface area contributed by atoms with Crippen molar-refractivity contribution in [2.75, 3.05) is 45.2 Å². The third-order valence-corrected chi connectivity index (χ3v) is 10.2. The maximum absolute atomic E-state index is 12.7. The number of carbonyl (C=O) groups excluding carboxylic acids is 2. The Bertz CT molecular complexity index is 1460. The number of morpholine rings is 1. The molecule has 9 nitrogen and oxygen atoms in total. The molecule has 5 rings (SSSR count). The van der Waals surface area contributed by atoms with E-state index in [4.69, 9.17) is 21.1 Å². The first-order chi connectivity index (χ1) is 19.8. The van der Waals surface area contributed by atoms with Crippen LogP contribution in [0.3, 0.4) is 0 Å². The molecular formula is C29H30ClN3O6S2. The highest BCUT2D eigenvalue weighted by Crippen LogP contribution is 2.39. The summed E-state index contributed by atoms with van der Waals surface area (Å²) >= 11 is 7.55. The van der Waals surface area contributed by atoms with Crippen molar-refractivity contribution in [3.63, 3.8) is 0 Å². The molecule has 0 unspecified atom stereocenters. The normalized spacial score (nSPS) is 17.9. The van der Waals surface area contributed by atoms with Gasteiger partial charge in [-0.3, -0.25) is 9.59 Å². The van der Waals surface area contributed by atoms with Gasteiger partial charge in [0.2, 0.25) is 15.9 Å². The molecule has 2 aliphatic rings. The molecule has 0 aliphatic carbocycles. The first-order valence-electron chi connectivity index (χ1n) is 13.2. The lowest BCUT2D eigenvalue weighted by atomic mass is 10.1. The van der Waals surface area contributed by atoms with E-state index < -0.39 is 10.0 Å². The highest BCUT2D eigenvalue weighted by Gasteiger charge is 2.33. The van der Waals surface area contributed by atoms with Crippen molar-refractivity contribution in [2.24, 2.45) is 0 Å². The third kappa shape index (κ3) is 7.22. The van der Waals surface area contributed by atoms with E-state index in [0.717, 1.165) is 11.1 Å². The number of nitrogens with zero attached hydrogens (tertiary/aromatic N) is 2. The van der Waals surface area contributed by atoms with Crippen LogP contribution in [0, 0.1) is 0 Å². The molecule has 41 heavy (non-hydrogen) atoms. The fourth-order valence-corrected chi connectivity index (χ4v) is 7.29. The summed E-state index contributed by atoms with van der Waals surface area (Å²) in [5, 5.41) is 3.36. The molecule has 12 heteroatoms. The van der Waals surface area contributed by atoms with Gasteiger partial charge in [0, 0.05) is 30.2 Å². The number of amides is 2. The SMILES string of the molecule is O=C(NCCOc1ccc(S(=O)(=O)N2CCOCC2)cc1)c1ccc([C@H]2SCC(=O)N2Cc2ccc(Cl)cc2)cc1. The number of thioether (sulfide) groups is 1. The molecule has 0 bridgehead atoms. The highest BCUT2D eigenvalue weighted by molar-refractivity contribution is 8.00. The Morgan fingerprint density at radius 2 is 1.68 bits per heavy atom. The van der Waals surface area contributed by atoms with Gasteiger partial charge in [0.1, 0.15) is 17.7 Å². The van der Waals surface area contributed by atoms with Gasteiger partial charge < -0.3 is 19.7 Å². The van der Waals surface area contributed by atoms with Gasteiger partial charge in [0.25, 0.3) is 5.91 Å². The summed E-state index contributed by atoms with van der Waals surface area (Å²) in [7, 11) is -3.56. The first-order valence-corrected chi connectivity index (χ1v) is 16.0. The Morgan fingerprint density at radius 1 is 1.00 bits per heavy atom. The molecule has 2 aliphatic heterocycles. The van der Waals surface area contributed by atoms with E-state index in [-0.39, 0.29) is 35.2 Å². The zero-order chi connectivity index (χ0) is 28.8. The zero-order valence-electron chi connectivity index (χ0n) is 22.2. The minimum Gasteiger partial charge on any atom is -0.492 e. The Kier molecular flexibility index (Phi) is 9.51. The lowest BCUT2D eigenvalue weighted by Crippen LogP contribution is -2.40. The van der Waals surface area contributed by atoms with E-state index in [0.29, 0.717) is 54.9 Å². The molecule has 2 fully saturated rings. The van der Waals surface area contributed by atoms with E-state index in [9.17, 15) is 18.0 Å². The summed E-state index contributed by atoms with van der Waals surface area (Å²) in [5.74, 6) is 0.758. The molecule has 0 saturated carbocycles. The van der Waals surface area contributed by atoms with Crippen LogP contribution in [0.5, 0.6) is 5.75 Å². The quantitative estimate of drug-likeness (QED) is 0.345. The minimum atomic E-state index is -3.56. The van der Waals surface area contributed by atoms with E-state index in [1.165, 1.54) is 16.4 Å². The van der Waals surface area contributed by atoms with Crippen LogP contribution in [-0.2, 0) is 26.1 Å². The minimum absolute atomic E-state index is 0.0742. The van der Waals surface area contributed by atoms with Crippen LogP contribution in [-0.4, -0.2) is 74.6 Å². The van der Waals surface area contributed by atoms with E-state index in [1.54, 1.807) is 36.0 Å². The van der Waals surface area contributed by atoms with Gasteiger partial charge in [0.05, 0.1) is 30.4 Å². The van der Waals surface area contributed by atoms with Crippen molar-refractivity contribution in [3.05, 3.63) is 94.5 Å². The number of sulfonamides is 1. The van der Waals surface area contributed by atoms with Gasteiger partial charge in [-0.05, 0) is 59.7 Å². The summed E-state index contributed by atoms with van der Waals surface area (Å²) in [6.07, 6.45) is 0. The molecule has 2 amide bonds. The lowest BCUT2D eigenvalue weighted by molar-refractivity contribution is -0.128. The van der Waals surface area contributed by atoms with Crippen LogP contribution >= 0.6 is 23.4 Å². The average molecular weight is 616 g/mol. The Labute approximate surface area is 248 Å². The summed E-state index contributed by atoms with van der Waals surface area (Å²) in [4.78, 5) is 27.2. The first kappa shape index (κ1) is 29.4. The van der Waals surface area contributed by atoms with Crippen LogP contribution in [0.2, 0.25) is 5.02 Å². The van der Waals surface area contributed by atoms with Crippen molar-refractivity contribution in [3.8, 4) is 5.75 Å². The van der Waals surface area contributed by atoms with Gasteiger partial charge in [-0.25, -0.2) is 8.42 Å². The molecule has 0 spiro atoms. The van der Waals surface area contributed by atoms with E-state index in [1.807, 2.05) is 41.3 Å². The second kappa shape index (κ2) is 13.3. The Morgan fingerprint density at radius 3 is 2.37 bits per heavy atom. The van der Waals surface area contributed by atoms with Crippen LogP contribution < -0.4 is 10.1 Å². The van der Waals surface area contributed by atoms with Gasteiger partial charge >= 0.3 is 0 Å². The predicted octanol–water partition coefficient (Wildman–Crippen LogP) is 3.94. The third-order valence-electron chi connectivity index (χ3n) is 6.78. The van der Waals surface area contributed by atoms with Crippen LogP contribution in [0.25, 0.3) is 0 Å². The summed E-state index contributed by atoms with van der Waals surface area (Å²) in [5.41, 5.74) is 2.46. The second-order valence-corrected chi connectivity index (χ2v) is 13.0. The van der Waals surface area contributed by atoms with Crippen LogP contribution in [0.4, 0.5) is 0 Å². The van der Waals surface area contributed by atoms with Crippen molar-refractivity contribution in [1.29, 1.82) is 0 Å². The molecule has 1 N–H and O–H groups in total. The molecule has 3 aromatic rings. The van der Waals surface area contributed by atoms with Crippen LogP contribution in [0.1, 0.15) is 26.9 Å². The molecule has 2 heterocycles. The highest BCUT2D eigenvalue weighted by atomic mass is 35.5. The van der Waals surface area contributed by atoms with Crippen molar-refractivity contribution < 1.29 is 27.5 Å². The molecule has 0 aromatic heterocycles. The maximum atomic E-state index is 12.7. The van der Waals surface area contributed by atoms with Gasteiger partial charge in [-0.1, -0.05) is 35.9 Å². The summed E-state index contributed by atoms with van der Waals surface area (Å²) < 4.78 is 37.8. The number of rotatable bonds is 10. The van der Waals surface area contributed by atoms with Crippen molar-refractivity contribution in [1.82, 2.24) is 14.5 Å². The summed E-state index contributed by atoms with van der Waals surface area (Å²) in [6.45, 7) is 2.44. The topological polar surface area (TPSA) is 105 Å². The molecular weight excluding hydrogens is 586 g/mol. The zero-order valence-corrected chi connectivity index (χ0v) is 24.6. The molecule has 3 aromatic carbocycles. The molecule has 1 atom stereocenters. The number of carbonyl (C=O) groups is 2. The van der Waals surface area contributed by atoms with Crippen molar-refractivity contribution in [2.45, 2.75) is 16.8 Å². The summed E-state index contributed by atoms with van der Waals surface area (Å²) in [6, 6.07) is 21.0. The average Bonchev–Trinajstić information content (AvgIpc) is 3.36. The van der Waals surface area contributed by atoms with Crippen molar-refractivity contribution >= 4 is 45.2 Å². The Balaban J connectivity index is 1.10. The predicted molar refractivity (Wildman–Crippen MR) is 157 cm³/mol. The monoisotopic (exact) mass is 615 g/mol. The fourth-order valence-electron chi connectivity index (χ4n) is 4.57. The van der Waals surface area contributed by atoms with Crippen LogP contribution in [0.15, 0.2) is 77.7 Å². The second-order valence-electron chi connectivity index (χ2n) is 9.53. The van der Waals surface area contributed by atoms with E-state index in [2.05, 4.69) is 5.32 Å². The van der Waals surface area contributed by atoms with Gasteiger partial charge in [0.15, 0.2) is 0 Å². The number of hydrogen-bond acceptors (Lipinski definition) is 7. The number of halogens is 1. The number of benzene rings is 3.